The number of benzene rings is 1. The lowest BCUT2D eigenvalue weighted by Gasteiger charge is -2.33. The molecule has 3 aromatic heterocycles. The maximum absolute atomic E-state index is 14.0. The van der Waals surface area contributed by atoms with Crippen LogP contribution in [0.1, 0.15) is 89.6 Å². The molecule has 6 rings (SSSR count). The zero-order chi connectivity index (χ0) is 44.8. The third kappa shape index (κ3) is 14.1. The van der Waals surface area contributed by atoms with Crippen molar-refractivity contribution in [2.75, 3.05) is 58.0 Å². The number of anilines is 1. The lowest BCUT2D eigenvalue weighted by atomic mass is 9.77. The predicted octanol–water partition coefficient (Wildman–Crippen LogP) is 5.53. The number of aliphatic hydroxyl groups is 1. The second-order valence-corrected chi connectivity index (χ2v) is 18.9. The van der Waals surface area contributed by atoms with Crippen LogP contribution in [0, 0.1) is 30.1 Å². The van der Waals surface area contributed by atoms with Gasteiger partial charge in [0.2, 0.25) is 11.8 Å². The number of ketones is 1. The lowest BCUT2D eigenvalue weighted by Crippen LogP contribution is -2.51. The molecule has 2 amide bonds. The van der Waals surface area contributed by atoms with Crippen LogP contribution in [-0.4, -0.2) is 113 Å². The summed E-state index contributed by atoms with van der Waals surface area (Å²) in [5.74, 6) is -0.0158. The highest BCUT2D eigenvalue weighted by molar-refractivity contribution is 7.13. The van der Waals surface area contributed by atoms with Crippen LogP contribution >= 0.6 is 11.3 Å². The lowest BCUT2D eigenvalue weighted by molar-refractivity contribution is -0.135. The standard InChI is InChI=1S/C47H68N8O7S/c1-6-7-35-25-41(55-40(53-35)14-16-52-55)49-29-33-10-13-36(24-33)54-42(57)15-18-60-20-22-62-23-21-61-19-17-48-45(47(3,4)5)43(58)38-26-37(56)27-39(38)46(59)50-28-32-8-11-34(12-9-32)44-31(2)51-30-63-44/h8-9,11-12,14,16,25,30,33,36-39,45,48-49,56H,6-7,10,13,15,17-24,26-29H2,1-5H3,(H,50,59)(H,54,57)/t33-,36?,37+,38?,39-,45-/m1/s1. The number of ether oxygens (including phenoxy) is 3. The van der Waals surface area contributed by atoms with E-state index in [1.165, 1.54) is 0 Å². The summed E-state index contributed by atoms with van der Waals surface area (Å²) in [6.07, 6.45) is 6.83. The molecule has 0 spiro atoms. The van der Waals surface area contributed by atoms with Gasteiger partial charge >= 0.3 is 0 Å². The Kier molecular flexibility index (Phi) is 18.0. The SMILES string of the molecule is CCCc1cc(NC[C@@H]2CCC(NC(=O)CCOCCOCCOCCN[C@H](C(=O)C3C[C@H](O)C[C@H]3C(=O)NCc3ccc(-c4scnc4C)cc3)C(C)(C)C)C2)n2nccc2n1. The monoisotopic (exact) mass is 888 g/mol. The first-order valence-corrected chi connectivity index (χ1v) is 23.6. The number of carbonyl (C=O) groups excluding carboxylic acids is 3. The smallest absolute Gasteiger partial charge is 0.224 e. The summed E-state index contributed by atoms with van der Waals surface area (Å²) in [6.45, 7) is 14.0. The first-order chi connectivity index (χ1) is 30.4. The summed E-state index contributed by atoms with van der Waals surface area (Å²) in [5, 5.41) is 28.2. The van der Waals surface area contributed by atoms with Gasteiger partial charge < -0.3 is 40.6 Å². The number of thiazole rings is 1. The van der Waals surface area contributed by atoms with Crippen LogP contribution in [0.2, 0.25) is 0 Å². The first-order valence-electron chi connectivity index (χ1n) is 22.7. The van der Waals surface area contributed by atoms with Gasteiger partial charge in [-0.05, 0) is 67.9 Å². The van der Waals surface area contributed by atoms with Gasteiger partial charge in [0.05, 0.1) is 80.0 Å². The number of nitrogens with zero attached hydrogens (tertiary/aromatic N) is 4. The molecule has 5 N–H and O–H groups in total. The van der Waals surface area contributed by atoms with Crippen molar-refractivity contribution in [3.05, 3.63) is 65.1 Å². The van der Waals surface area contributed by atoms with Crippen LogP contribution in [0.25, 0.3) is 16.1 Å². The van der Waals surface area contributed by atoms with Crippen LogP contribution in [0.15, 0.2) is 48.1 Å². The summed E-state index contributed by atoms with van der Waals surface area (Å²) >= 11 is 1.60. The number of carbonyl (C=O) groups is 3. The summed E-state index contributed by atoms with van der Waals surface area (Å²) in [5.41, 5.74) is 6.37. The van der Waals surface area contributed by atoms with Gasteiger partial charge in [-0.25, -0.2) is 9.97 Å². The van der Waals surface area contributed by atoms with E-state index in [1.807, 2.05) is 68.1 Å². The van der Waals surface area contributed by atoms with E-state index in [-0.39, 0.29) is 36.5 Å². The summed E-state index contributed by atoms with van der Waals surface area (Å²) in [6, 6.07) is 11.7. The van der Waals surface area contributed by atoms with E-state index in [1.54, 1.807) is 17.5 Å². The molecule has 0 radical (unpaired) electrons. The van der Waals surface area contributed by atoms with Gasteiger partial charge in [0, 0.05) is 55.8 Å². The molecule has 0 saturated heterocycles. The number of rotatable bonds is 25. The van der Waals surface area contributed by atoms with Crippen LogP contribution in [-0.2, 0) is 41.6 Å². The van der Waals surface area contributed by atoms with Crippen molar-refractivity contribution in [3.8, 4) is 10.4 Å². The van der Waals surface area contributed by atoms with Crippen LogP contribution in [0.5, 0.6) is 0 Å². The highest BCUT2D eigenvalue weighted by Crippen LogP contribution is 2.37. The second-order valence-electron chi connectivity index (χ2n) is 18.1. The van der Waals surface area contributed by atoms with E-state index >= 15 is 0 Å². The molecule has 1 aromatic carbocycles. The molecule has 2 aliphatic carbocycles. The number of aliphatic hydroxyl groups excluding tert-OH is 1. The number of nitrogens with one attached hydrogen (secondary N) is 4. The molecule has 0 aliphatic heterocycles. The second kappa shape index (κ2) is 23.6. The Morgan fingerprint density at radius 1 is 0.952 bits per heavy atom. The zero-order valence-corrected chi connectivity index (χ0v) is 38.5. The Labute approximate surface area is 375 Å². The van der Waals surface area contributed by atoms with Crippen molar-refractivity contribution in [2.24, 2.45) is 23.2 Å². The molecular weight excluding hydrogens is 821 g/mol. The number of amides is 2. The maximum atomic E-state index is 14.0. The van der Waals surface area contributed by atoms with Crippen LogP contribution in [0.3, 0.4) is 0 Å². The Morgan fingerprint density at radius 3 is 2.40 bits per heavy atom. The Bertz CT molecular complexity index is 2070. The number of hydrogen-bond donors (Lipinski definition) is 5. The third-order valence-corrected chi connectivity index (χ3v) is 13.0. The van der Waals surface area contributed by atoms with Crippen molar-refractivity contribution in [1.82, 2.24) is 35.5 Å². The molecule has 63 heavy (non-hydrogen) atoms. The molecule has 16 heteroatoms. The van der Waals surface area contributed by atoms with Crippen molar-refractivity contribution in [3.63, 3.8) is 0 Å². The van der Waals surface area contributed by atoms with E-state index in [9.17, 15) is 19.5 Å². The zero-order valence-electron chi connectivity index (χ0n) is 37.7. The summed E-state index contributed by atoms with van der Waals surface area (Å²) in [4.78, 5) is 50.2. The summed E-state index contributed by atoms with van der Waals surface area (Å²) in [7, 11) is 0. The van der Waals surface area contributed by atoms with E-state index in [2.05, 4.69) is 49.3 Å². The average molecular weight is 889 g/mol. The van der Waals surface area contributed by atoms with Gasteiger partial charge in [0.15, 0.2) is 11.4 Å². The highest BCUT2D eigenvalue weighted by atomic mass is 32.1. The highest BCUT2D eigenvalue weighted by Gasteiger charge is 2.46. The number of Topliss-reactive ketones (excluding diaryl/α,β-unsaturated/α-hetero) is 1. The van der Waals surface area contributed by atoms with Gasteiger partial charge in [-0.1, -0.05) is 58.4 Å². The fraction of sp³-hybridized carbons (Fsp3) is 0.617. The number of fused-ring (bicyclic) bond motifs is 1. The van der Waals surface area contributed by atoms with E-state index in [4.69, 9.17) is 14.2 Å². The molecule has 0 bridgehead atoms. The molecule has 2 fully saturated rings. The molecule has 4 aromatic rings. The molecule has 3 heterocycles. The average Bonchev–Trinajstić information content (AvgIpc) is 4.09. The molecule has 6 atom stereocenters. The molecule has 344 valence electrons. The minimum absolute atomic E-state index is 0.00547. The fourth-order valence-corrected chi connectivity index (χ4v) is 9.55. The molecule has 2 saturated carbocycles. The van der Waals surface area contributed by atoms with Crippen molar-refractivity contribution < 1.29 is 33.7 Å². The predicted molar refractivity (Wildman–Crippen MR) is 244 cm³/mol. The van der Waals surface area contributed by atoms with Crippen molar-refractivity contribution in [2.45, 2.75) is 111 Å². The fourth-order valence-electron chi connectivity index (χ4n) is 8.73. The van der Waals surface area contributed by atoms with Crippen LogP contribution in [0.4, 0.5) is 5.82 Å². The summed E-state index contributed by atoms with van der Waals surface area (Å²) < 4.78 is 18.9. The van der Waals surface area contributed by atoms with Gasteiger partial charge in [0.1, 0.15) is 5.82 Å². The minimum atomic E-state index is -0.705. The molecule has 15 nitrogen and oxygen atoms in total. The van der Waals surface area contributed by atoms with Gasteiger partial charge in [-0.3, -0.25) is 14.4 Å². The topological polar surface area (TPSA) is 190 Å². The van der Waals surface area contributed by atoms with E-state index in [0.717, 1.165) is 77.5 Å². The largest absolute Gasteiger partial charge is 0.393 e. The van der Waals surface area contributed by atoms with E-state index < -0.39 is 29.4 Å². The van der Waals surface area contributed by atoms with Crippen LogP contribution < -0.4 is 21.3 Å². The Hall–Kier alpha value is -4.32. The number of hydrogen-bond acceptors (Lipinski definition) is 13. The number of aryl methyl sites for hydroxylation is 2. The number of aromatic nitrogens is 4. The third-order valence-electron chi connectivity index (χ3n) is 12.0. The normalized spacial score (nSPS) is 20.6. The van der Waals surface area contributed by atoms with Gasteiger partial charge in [-0.2, -0.15) is 9.61 Å². The van der Waals surface area contributed by atoms with Gasteiger partial charge in [-0.15, -0.1) is 11.3 Å². The first kappa shape index (κ1) is 48.1. The maximum Gasteiger partial charge on any atom is 0.224 e. The van der Waals surface area contributed by atoms with Gasteiger partial charge in [0.25, 0.3) is 0 Å². The minimum Gasteiger partial charge on any atom is -0.393 e. The van der Waals surface area contributed by atoms with Crippen molar-refractivity contribution >= 4 is 40.4 Å². The van der Waals surface area contributed by atoms with Crippen molar-refractivity contribution in [1.29, 1.82) is 0 Å². The van der Waals surface area contributed by atoms with E-state index in [0.29, 0.717) is 65.1 Å². The molecule has 2 unspecified atom stereocenters. The quantitative estimate of drug-likeness (QED) is 0.0525. The molecular formula is C47H68N8O7S. The molecule has 2 aliphatic rings. The Balaban J connectivity index is 0.798. The Morgan fingerprint density at radius 2 is 1.68 bits per heavy atom.